The highest BCUT2D eigenvalue weighted by Crippen LogP contribution is 2.59. The number of hydrogen-bond donors (Lipinski definition) is 1. The maximum absolute atomic E-state index is 13.0. The van der Waals surface area contributed by atoms with E-state index in [1.54, 1.807) is 15.8 Å². The van der Waals surface area contributed by atoms with Gasteiger partial charge in [0.1, 0.15) is 0 Å². The molecule has 3 aliphatic rings. The van der Waals surface area contributed by atoms with Crippen LogP contribution in [0.4, 0.5) is 5.69 Å². The molecular weight excluding hydrogens is 466 g/mol. The Kier molecular flexibility index (Phi) is 6.02. The summed E-state index contributed by atoms with van der Waals surface area (Å²) in [4.78, 5) is 42.0. The standard InChI is InChI=1S/C29H31N5O3/c35-26-17-22(21-5-2-1-3-6-21)19-33(26)20-27(36)32-15-11-29(12-16-32)18-25(29)28(37)31-23-7-9-24(10-8-23)34-14-4-13-30-34/h1-10,13-14,22,25H,11-12,15-20H2,(H,31,37)/t22-,25+/m1/s1. The number of hydrogen-bond acceptors (Lipinski definition) is 4. The van der Waals surface area contributed by atoms with E-state index in [9.17, 15) is 14.4 Å². The van der Waals surface area contributed by atoms with E-state index in [1.807, 2.05) is 71.8 Å². The Labute approximate surface area is 216 Å². The molecule has 6 rings (SSSR count). The molecule has 8 heteroatoms. The fourth-order valence-electron chi connectivity index (χ4n) is 5.96. The third kappa shape index (κ3) is 4.75. The fourth-order valence-corrected chi connectivity index (χ4v) is 5.96. The molecule has 0 bridgehead atoms. The lowest BCUT2D eigenvalue weighted by Crippen LogP contribution is -2.45. The van der Waals surface area contributed by atoms with Crippen LogP contribution in [0.1, 0.15) is 37.2 Å². The maximum atomic E-state index is 13.0. The number of amides is 3. The Bertz CT molecular complexity index is 1280. The van der Waals surface area contributed by atoms with Crippen LogP contribution < -0.4 is 5.32 Å². The van der Waals surface area contributed by atoms with E-state index < -0.39 is 0 Å². The number of carbonyl (C=O) groups is 3. The van der Waals surface area contributed by atoms with Gasteiger partial charge in [-0.2, -0.15) is 5.10 Å². The molecule has 8 nitrogen and oxygen atoms in total. The molecule has 3 heterocycles. The lowest BCUT2D eigenvalue weighted by atomic mass is 9.90. The van der Waals surface area contributed by atoms with Crippen molar-refractivity contribution in [2.45, 2.75) is 31.6 Å². The van der Waals surface area contributed by atoms with Crippen molar-refractivity contribution in [1.29, 1.82) is 0 Å². The molecule has 2 aliphatic heterocycles. The largest absolute Gasteiger partial charge is 0.341 e. The quantitative estimate of drug-likeness (QED) is 0.565. The van der Waals surface area contributed by atoms with Crippen LogP contribution in [0.3, 0.4) is 0 Å². The first kappa shape index (κ1) is 23.5. The van der Waals surface area contributed by atoms with Crippen molar-refractivity contribution in [2.24, 2.45) is 11.3 Å². The first-order valence-electron chi connectivity index (χ1n) is 13.0. The molecule has 2 saturated heterocycles. The molecule has 1 spiro atoms. The number of nitrogens with zero attached hydrogens (tertiary/aromatic N) is 4. The molecule has 3 aromatic rings. The number of piperidine rings is 1. The van der Waals surface area contributed by atoms with Gasteiger partial charge in [-0.15, -0.1) is 0 Å². The SMILES string of the molecule is O=C(Nc1ccc(-n2cccn2)cc1)[C@@H]1CC12CCN(C(=O)CN1C[C@H](c3ccccc3)CC1=O)CC2. The topological polar surface area (TPSA) is 87.5 Å². The van der Waals surface area contributed by atoms with Crippen molar-refractivity contribution >= 4 is 23.4 Å². The first-order chi connectivity index (χ1) is 18.0. The van der Waals surface area contributed by atoms with Gasteiger partial charge in [-0.05, 0) is 60.6 Å². The Morgan fingerprint density at radius 2 is 1.76 bits per heavy atom. The van der Waals surface area contributed by atoms with Gasteiger partial charge in [0.05, 0.1) is 12.2 Å². The predicted molar refractivity (Wildman–Crippen MR) is 139 cm³/mol. The summed E-state index contributed by atoms with van der Waals surface area (Å²) in [5, 5.41) is 7.28. The zero-order valence-corrected chi connectivity index (χ0v) is 20.8. The van der Waals surface area contributed by atoms with E-state index in [-0.39, 0.29) is 41.5 Å². The van der Waals surface area contributed by atoms with Crippen LogP contribution in [0.15, 0.2) is 73.1 Å². The molecular formula is C29H31N5O3. The van der Waals surface area contributed by atoms with E-state index in [0.29, 0.717) is 26.1 Å². The second kappa shape index (κ2) is 9.50. The van der Waals surface area contributed by atoms with Crippen LogP contribution >= 0.6 is 0 Å². The Morgan fingerprint density at radius 3 is 2.46 bits per heavy atom. The minimum Gasteiger partial charge on any atom is -0.341 e. The third-order valence-corrected chi connectivity index (χ3v) is 8.33. The average Bonchev–Trinajstić information content (AvgIpc) is 3.22. The smallest absolute Gasteiger partial charge is 0.242 e. The molecule has 1 aliphatic carbocycles. The molecule has 0 radical (unpaired) electrons. The zero-order valence-electron chi connectivity index (χ0n) is 20.8. The van der Waals surface area contributed by atoms with Crippen LogP contribution in [0.2, 0.25) is 0 Å². The highest BCUT2D eigenvalue weighted by molar-refractivity contribution is 5.95. The van der Waals surface area contributed by atoms with E-state index in [4.69, 9.17) is 0 Å². The summed E-state index contributed by atoms with van der Waals surface area (Å²) in [5.74, 6) is 0.255. The molecule has 2 atom stereocenters. The molecule has 1 saturated carbocycles. The number of benzene rings is 2. The van der Waals surface area contributed by atoms with Crippen LogP contribution in [-0.4, -0.2) is 63.5 Å². The second-order valence-corrected chi connectivity index (χ2v) is 10.6. The summed E-state index contributed by atoms with van der Waals surface area (Å²) >= 11 is 0. The van der Waals surface area contributed by atoms with Crippen LogP contribution in [0, 0.1) is 11.3 Å². The average molecular weight is 498 g/mol. The highest BCUT2D eigenvalue weighted by atomic mass is 16.2. The number of aromatic nitrogens is 2. The van der Waals surface area contributed by atoms with Crippen molar-refractivity contribution < 1.29 is 14.4 Å². The van der Waals surface area contributed by atoms with Gasteiger partial charge in [0.15, 0.2) is 0 Å². The first-order valence-corrected chi connectivity index (χ1v) is 13.0. The van der Waals surface area contributed by atoms with Crippen molar-refractivity contribution in [3.63, 3.8) is 0 Å². The predicted octanol–water partition coefficient (Wildman–Crippen LogP) is 3.46. The Hall–Kier alpha value is -3.94. The monoisotopic (exact) mass is 497 g/mol. The fraction of sp³-hybridized carbons (Fsp3) is 0.379. The summed E-state index contributed by atoms with van der Waals surface area (Å²) in [6.07, 6.45) is 6.60. The van der Waals surface area contributed by atoms with Crippen LogP contribution in [-0.2, 0) is 14.4 Å². The molecule has 1 N–H and O–H groups in total. The van der Waals surface area contributed by atoms with E-state index in [1.165, 1.54) is 0 Å². The lowest BCUT2D eigenvalue weighted by Gasteiger charge is -2.34. The molecule has 3 fully saturated rings. The summed E-state index contributed by atoms with van der Waals surface area (Å²) in [6, 6.07) is 19.6. The second-order valence-electron chi connectivity index (χ2n) is 10.6. The van der Waals surface area contributed by atoms with Gasteiger partial charge in [-0.3, -0.25) is 14.4 Å². The van der Waals surface area contributed by atoms with Crippen LogP contribution in [0.25, 0.3) is 5.69 Å². The van der Waals surface area contributed by atoms with Crippen molar-refractivity contribution in [3.8, 4) is 5.69 Å². The minimum absolute atomic E-state index is 0.00225. The number of carbonyl (C=O) groups excluding carboxylic acids is 3. The van der Waals surface area contributed by atoms with E-state index in [2.05, 4.69) is 10.4 Å². The molecule has 3 amide bonds. The number of likely N-dealkylation sites (tertiary alicyclic amines) is 2. The molecule has 190 valence electrons. The van der Waals surface area contributed by atoms with Crippen molar-refractivity contribution in [2.75, 3.05) is 31.5 Å². The van der Waals surface area contributed by atoms with Crippen molar-refractivity contribution in [3.05, 3.63) is 78.6 Å². The lowest BCUT2D eigenvalue weighted by molar-refractivity contribution is -0.139. The van der Waals surface area contributed by atoms with Gasteiger partial charge in [-0.25, -0.2) is 4.68 Å². The van der Waals surface area contributed by atoms with Gasteiger partial charge >= 0.3 is 0 Å². The van der Waals surface area contributed by atoms with E-state index in [0.717, 1.165) is 36.2 Å². The molecule has 0 unspecified atom stereocenters. The minimum atomic E-state index is -0.0117. The van der Waals surface area contributed by atoms with E-state index >= 15 is 0 Å². The van der Waals surface area contributed by atoms with Crippen LogP contribution in [0.5, 0.6) is 0 Å². The summed E-state index contributed by atoms with van der Waals surface area (Å²) in [5.41, 5.74) is 2.86. The van der Waals surface area contributed by atoms with Gasteiger partial charge in [0.2, 0.25) is 17.7 Å². The van der Waals surface area contributed by atoms with Gasteiger partial charge < -0.3 is 15.1 Å². The highest BCUT2D eigenvalue weighted by Gasteiger charge is 2.58. The normalized spacial score (nSPS) is 22.3. The third-order valence-electron chi connectivity index (χ3n) is 8.33. The summed E-state index contributed by atoms with van der Waals surface area (Å²) in [6.45, 7) is 2.03. The number of anilines is 1. The van der Waals surface area contributed by atoms with Gasteiger partial charge in [-0.1, -0.05) is 30.3 Å². The molecule has 2 aromatic carbocycles. The van der Waals surface area contributed by atoms with Crippen molar-refractivity contribution in [1.82, 2.24) is 19.6 Å². The summed E-state index contributed by atoms with van der Waals surface area (Å²) in [7, 11) is 0. The Balaban J connectivity index is 0.981. The number of rotatable bonds is 6. The maximum Gasteiger partial charge on any atom is 0.242 e. The zero-order chi connectivity index (χ0) is 25.4. The molecule has 1 aromatic heterocycles. The molecule has 37 heavy (non-hydrogen) atoms. The van der Waals surface area contributed by atoms with Gasteiger partial charge in [0.25, 0.3) is 0 Å². The number of nitrogens with one attached hydrogen (secondary N) is 1. The van der Waals surface area contributed by atoms with Gasteiger partial charge in [0, 0.05) is 56.0 Å². The Morgan fingerprint density at radius 1 is 1.00 bits per heavy atom. The summed E-state index contributed by atoms with van der Waals surface area (Å²) < 4.78 is 1.78.